The first-order chi connectivity index (χ1) is 14.4. The molecule has 7 heteroatoms. The number of guanidine groups is 1. The predicted molar refractivity (Wildman–Crippen MR) is 138 cm³/mol. The average Bonchev–Trinajstić information content (AvgIpc) is 2.73. The van der Waals surface area contributed by atoms with Gasteiger partial charge in [0.15, 0.2) is 5.96 Å². The van der Waals surface area contributed by atoms with Crippen LogP contribution < -0.4 is 10.6 Å². The van der Waals surface area contributed by atoms with Crippen LogP contribution in [0, 0.1) is 11.3 Å². The van der Waals surface area contributed by atoms with Crippen LogP contribution >= 0.6 is 24.0 Å². The van der Waals surface area contributed by atoms with E-state index in [1.807, 2.05) is 14.0 Å². The van der Waals surface area contributed by atoms with Crippen molar-refractivity contribution < 1.29 is 14.2 Å². The Morgan fingerprint density at radius 1 is 1.16 bits per heavy atom. The van der Waals surface area contributed by atoms with Gasteiger partial charge in [-0.3, -0.25) is 4.99 Å². The summed E-state index contributed by atoms with van der Waals surface area (Å²) in [6, 6.07) is 8.45. The Balaban J connectivity index is 0.00000480. The SMILES string of the molecule is CCOCCOCc1cccc(CNC(=NC)NCC2CCCOC2C(C)(C)C)c1.I. The highest BCUT2D eigenvalue weighted by Gasteiger charge is 2.35. The maximum absolute atomic E-state index is 6.10. The number of benzene rings is 1. The molecule has 0 aliphatic carbocycles. The summed E-state index contributed by atoms with van der Waals surface area (Å²) in [5, 5.41) is 6.93. The van der Waals surface area contributed by atoms with Gasteiger partial charge in [0.1, 0.15) is 0 Å². The second kappa shape index (κ2) is 15.0. The number of hydrogen-bond acceptors (Lipinski definition) is 4. The van der Waals surface area contributed by atoms with Gasteiger partial charge in [-0.2, -0.15) is 0 Å². The maximum atomic E-state index is 6.10. The average molecular weight is 548 g/mol. The molecule has 0 bridgehead atoms. The summed E-state index contributed by atoms with van der Waals surface area (Å²) in [6.45, 7) is 13.8. The quantitative estimate of drug-likeness (QED) is 0.197. The first kappa shape index (κ1) is 28.1. The number of rotatable bonds is 10. The topological polar surface area (TPSA) is 64.1 Å². The van der Waals surface area contributed by atoms with Crippen molar-refractivity contribution in [2.45, 2.75) is 59.8 Å². The number of hydrogen-bond donors (Lipinski definition) is 2. The largest absolute Gasteiger partial charge is 0.379 e. The summed E-state index contributed by atoms with van der Waals surface area (Å²) in [6.07, 6.45) is 2.60. The van der Waals surface area contributed by atoms with Crippen molar-refractivity contribution in [3.63, 3.8) is 0 Å². The van der Waals surface area contributed by atoms with Gasteiger partial charge in [-0.15, -0.1) is 24.0 Å². The molecule has 2 unspecified atom stereocenters. The van der Waals surface area contributed by atoms with E-state index in [0.717, 1.165) is 38.7 Å². The molecule has 0 radical (unpaired) electrons. The molecular formula is C24H42IN3O3. The highest BCUT2D eigenvalue weighted by molar-refractivity contribution is 14.0. The second-order valence-electron chi connectivity index (χ2n) is 8.94. The lowest BCUT2D eigenvalue weighted by Gasteiger charge is -2.40. The summed E-state index contributed by atoms with van der Waals surface area (Å²) in [5.74, 6) is 1.32. The Bertz CT molecular complexity index is 649. The molecule has 2 rings (SSSR count). The zero-order chi connectivity index (χ0) is 21.8. The minimum atomic E-state index is 0. The standard InChI is InChI=1S/C24H41N3O3.HI/c1-6-28-13-14-29-18-20-10-7-9-19(15-20)16-26-23(25-5)27-17-21-11-8-12-30-22(21)24(2,3)4;/h7,9-10,15,21-22H,6,8,11-14,16-18H2,1-5H3,(H2,25,26,27);1H. The van der Waals surface area contributed by atoms with Crippen molar-refractivity contribution in [3.05, 3.63) is 35.4 Å². The van der Waals surface area contributed by atoms with Crippen LogP contribution in [0.15, 0.2) is 29.3 Å². The van der Waals surface area contributed by atoms with Crippen molar-refractivity contribution in [1.29, 1.82) is 0 Å². The van der Waals surface area contributed by atoms with Crippen LogP contribution in [-0.2, 0) is 27.4 Å². The lowest BCUT2D eigenvalue weighted by atomic mass is 9.78. The molecule has 1 aromatic rings. The minimum Gasteiger partial charge on any atom is -0.379 e. The fourth-order valence-electron chi connectivity index (χ4n) is 3.93. The molecule has 1 saturated heterocycles. The molecule has 1 fully saturated rings. The fraction of sp³-hybridized carbons (Fsp3) is 0.708. The predicted octanol–water partition coefficient (Wildman–Crippen LogP) is 4.36. The Kier molecular flexibility index (Phi) is 13.6. The minimum absolute atomic E-state index is 0. The third-order valence-corrected chi connectivity index (χ3v) is 5.35. The molecule has 0 aromatic heterocycles. The van der Waals surface area contributed by atoms with Crippen LogP contribution in [0.3, 0.4) is 0 Å². The summed E-state index contributed by atoms with van der Waals surface area (Å²) in [4.78, 5) is 4.39. The third kappa shape index (κ3) is 10.5. The van der Waals surface area contributed by atoms with Crippen LogP contribution in [0.5, 0.6) is 0 Å². The molecule has 0 amide bonds. The second-order valence-corrected chi connectivity index (χ2v) is 8.94. The zero-order valence-electron chi connectivity index (χ0n) is 19.9. The maximum Gasteiger partial charge on any atom is 0.191 e. The van der Waals surface area contributed by atoms with Crippen LogP contribution in [0.4, 0.5) is 0 Å². The van der Waals surface area contributed by atoms with Crippen LogP contribution in [-0.4, -0.2) is 52.1 Å². The Morgan fingerprint density at radius 2 is 1.90 bits per heavy atom. The molecule has 1 aromatic carbocycles. The van der Waals surface area contributed by atoms with Gasteiger partial charge < -0.3 is 24.8 Å². The molecule has 1 aliphatic rings. The van der Waals surface area contributed by atoms with Crippen molar-refractivity contribution in [3.8, 4) is 0 Å². The van der Waals surface area contributed by atoms with E-state index in [-0.39, 0.29) is 35.5 Å². The van der Waals surface area contributed by atoms with Crippen LogP contribution in [0.1, 0.15) is 51.7 Å². The summed E-state index contributed by atoms with van der Waals surface area (Å²) >= 11 is 0. The molecule has 178 valence electrons. The van der Waals surface area contributed by atoms with E-state index < -0.39 is 0 Å². The fourth-order valence-corrected chi connectivity index (χ4v) is 3.93. The zero-order valence-corrected chi connectivity index (χ0v) is 22.2. The van der Waals surface area contributed by atoms with Crippen molar-refractivity contribution >= 4 is 29.9 Å². The molecule has 2 N–H and O–H groups in total. The number of nitrogens with zero attached hydrogens (tertiary/aromatic N) is 1. The molecule has 1 aliphatic heterocycles. The van der Waals surface area contributed by atoms with Crippen LogP contribution in [0.25, 0.3) is 0 Å². The highest BCUT2D eigenvalue weighted by Crippen LogP contribution is 2.33. The summed E-state index contributed by atoms with van der Waals surface area (Å²) < 4.78 is 17.1. The van der Waals surface area contributed by atoms with E-state index in [0.29, 0.717) is 25.7 Å². The third-order valence-electron chi connectivity index (χ3n) is 5.35. The van der Waals surface area contributed by atoms with E-state index in [2.05, 4.69) is 60.7 Å². The molecule has 0 saturated carbocycles. The molecule has 1 heterocycles. The normalized spacial score (nSPS) is 19.6. The lowest BCUT2D eigenvalue weighted by Crippen LogP contribution is -2.47. The van der Waals surface area contributed by atoms with Crippen LogP contribution in [0.2, 0.25) is 0 Å². The van der Waals surface area contributed by atoms with Gasteiger partial charge in [0.25, 0.3) is 0 Å². The first-order valence-electron chi connectivity index (χ1n) is 11.2. The van der Waals surface area contributed by atoms with E-state index in [9.17, 15) is 0 Å². The van der Waals surface area contributed by atoms with Gasteiger partial charge in [-0.1, -0.05) is 45.0 Å². The van der Waals surface area contributed by atoms with E-state index in [1.165, 1.54) is 17.5 Å². The van der Waals surface area contributed by atoms with E-state index in [1.54, 1.807) is 0 Å². The summed E-state index contributed by atoms with van der Waals surface area (Å²) in [7, 11) is 1.82. The number of halogens is 1. The number of nitrogens with one attached hydrogen (secondary N) is 2. The molecule has 6 nitrogen and oxygen atoms in total. The van der Waals surface area contributed by atoms with E-state index in [4.69, 9.17) is 14.2 Å². The first-order valence-corrected chi connectivity index (χ1v) is 11.2. The van der Waals surface area contributed by atoms with Crippen molar-refractivity contribution in [2.24, 2.45) is 16.3 Å². The monoisotopic (exact) mass is 547 g/mol. The Labute approximate surface area is 205 Å². The highest BCUT2D eigenvalue weighted by atomic mass is 127. The number of ether oxygens (including phenoxy) is 3. The molecule has 31 heavy (non-hydrogen) atoms. The van der Waals surface area contributed by atoms with Gasteiger partial charge in [-0.05, 0) is 36.3 Å². The van der Waals surface area contributed by atoms with Gasteiger partial charge in [-0.25, -0.2) is 0 Å². The van der Waals surface area contributed by atoms with Crippen molar-refractivity contribution in [1.82, 2.24) is 10.6 Å². The number of aliphatic imine (C=N–C) groups is 1. The van der Waals surface area contributed by atoms with Gasteiger partial charge >= 0.3 is 0 Å². The van der Waals surface area contributed by atoms with Gasteiger partial charge in [0.2, 0.25) is 0 Å². The van der Waals surface area contributed by atoms with Gasteiger partial charge in [0, 0.05) is 39.3 Å². The summed E-state index contributed by atoms with van der Waals surface area (Å²) in [5.41, 5.74) is 2.52. The molecule has 2 atom stereocenters. The lowest BCUT2D eigenvalue weighted by molar-refractivity contribution is -0.0835. The van der Waals surface area contributed by atoms with Gasteiger partial charge in [0.05, 0.1) is 25.9 Å². The molecule has 0 spiro atoms. The Hall–Kier alpha value is -0.900. The molecular weight excluding hydrogens is 505 g/mol. The van der Waals surface area contributed by atoms with Crippen molar-refractivity contribution in [2.75, 3.05) is 40.0 Å². The van der Waals surface area contributed by atoms with E-state index >= 15 is 0 Å². The Morgan fingerprint density at radius 3 is 2.61 bits per heavy atom. The smallest absolute Gasteiger partial charge is 0.191 e.